The standard InChI is InChI=1S/C40H62N6O7/c1-36(2,3)25(20-45-26(47)17-38(7,8)18-27(45)48)42-35(53)43-30(37(4,5)6)34(52)46-19-24-28(39(24,9)10)29(46)32(50)44-40(16-22(40)15-21-11-12-21)31(49)33(51)41-23-13-14-23/h21-25,28-30H,11-20H2,1-10H3,(H,41,51)(H,44,50)(H2,42,43,53)/t22?,24-,25+,28-,29-,30+,40?/m0/s1. The van der Waals surface area contributed by atoms with Crippen molar-refractivity contribution in [2.75, 3.05) is 13.1 Å². The van der Waals surface area contributed by atoms with E-state index in [1.54, 1.807) is 4.90 Å². The van der Waals surface area contributed by atoms with Crippen LogP contribution in [0, 0.1) is 45.3 Å². The Morgan fingerprint density at radius 3 is 1.98 bits per heavy atom. The highest BCUT2D eigenvalue weighted by atomic mass is 16.2. The van der Waals surface area contributed by atoms with Crippen LogP contribution in [-0.4, -0.2) is 93.9 Å². The van der Waals surface area contributed by atoms with Crippen molar-refractivity contribution in [2.24, 2.45) is 45.3 Å². The largest absolute Gasteiger partial charge is 0.347 e. The van der Waals surface area contributed by atoms with Crippen molar-refractivity contribution in [1.82, 2.24) is 31.1 Å². The van der Waals surface area contributed by atoms with Crippen LogP contribution in [0.25, 0.3) is 0 Å². The fraction of sp³-hybridized carbons (Fsp3) is 0.825. The number of nitrogens with zero attached hydrogens (tertiary/aromatic N) is 2. The van der Waals surface area contributed by atoms with Gasteiger partial charge in [0.1, 0.15) is 17.6 Å². The van der Waals surface area contributed by atoms with Crippen molar-refractivity contribution in [3.63, 3.8) is 0 Å². The van der Waals surface area contributed by atoms with Gasteiger partial charge in [0.05, 0.1) is 6.04 Å². The van der Waals surface area contributed by atoms with Crippen LogP contribution in [-0.2, 0) is 28.8 Å². The Hall–Kier alpha value is -3.51. The highest BCUT2D eigenvalue weighted by molar-refractivity contribution is 6.41. The van der Waals surface area contributed by atoms with E-state index in [4.69, 9.17) is 0 Å². The van der Waals surface area contributed by atoms with Gasteiger partial charge in [0.15, 0.2) is 0 Å². The zero-order valence-corrected chi connectivity index (χ0v) is 33.4. The highest BCUT2D eigenvalue weighted by Gasteiger charge is 2.71. The first kappa shape index (κ1) is 39.2. The Morgan fingerprint density at radius 1 is 0.849 bits per heavy atom. The molecule has 6 fully saturated rings. The minimum Gasteiger partial charge on any atom is -0.347 e. The number of likely N-dealkylation sites (tertiary alicyclic amines) is 2. The van der Waals surface area contributed by atoms with Crippen LogP contribution in [0.15, 0.2) is 0 Å². The number of hydrogen-bond donors (Lipinski definition) is 4. The van der Waals surface area contributed by atoms with Crippen molar-refractivity contribution < 1.29 is 33.6 Å². The summed E-state index contributed by atoms with van der Waals surface area (Å²) in [7, 11) is 0. The molecular formula is C40H62N6O7. The van der Waals surface area contributed by atoms with Crippen molar-refractivity contribution in [2.45, 2.75) is 150 Å². The number of rotatable bonds is 12. The summed E-state index contributed by atoms with van der Waals surface area (Å²) in [5.74, 6) is -2.30. The number of nitrogens with one attached hydrogen (secondary N) is 4. The number of carbonyl (C=O) groups excluding carboxylic acids is 7. The summed E-state index contributed by atoms with van der Waals surface area (Å²) in [6.45, 7) is 19.6. The average Bonchev–Trinajstić information content (AvgIpc) is 3.92. The molecular weight excluding hydrogens is 676 g/mol. The van der Waals surface area contributed by atoms with E-state index in [0.29, 0.717) is 18.9 Å². The predicted octanol–water partition coefficient (Wildman–Crippen LogP) is 3.30. The Kier molecular flexibility index (Phi) is 9.66. The molecule has 0 bridgehead atoms. The topological polar surface area (TPSA) is 174 Å². The number of fused-ring (bicyclic) bond motifs is 1. The lowest BCUT2D eigenvalue weighted by molar-refractivity contribution is -0.153. The molecule has 2 aliphatic heterocycles. The van der Waals surface area contributed by atoms with E-state index < -0.39 is 69.4 Å². The molecule has 7 amide bonds. The summed E-state index contributed by atoms with van der Waals surface area (Å²) in [5.41, 5.74) is -3.19. The molecule has 0 aromatic carbocycles. The molecule has 13 heteroatoms. The Labute approximate surface area is 314 Å². The lowest BCUT2D eigenvalue weighted by atomic mass is 9.80. The van der Waals surface area contributed by atoms with Crippen molar-refractivity contribution in [3.05, 3.63) is 0 Å². The summed E-state index contributed by atoms with van der Waals surface area (Å²) >= 11 is 0. The number of amides is 7. The second kappa shape index (κ2) is 13.1. The zero-order chi connectivity index (χ0) is 39.2. The molecule has 0 radical (unpaired) electrons. The molecule has 0 spiro atoms. The number of Topliss-reactive ketones (excluding diaryl/α,β-unsaturated/α-hetero) is 1. The van der Waals surface area contributed by atoms with Gasteiger partial charge in [0, 0.05) is 32.0 Å². The van der Waals surface area contributed by atoms with Crippen LogP contribution in [0.3, 0.4) is 0 Å². The maximum Gasteiger partial charge on any atom is 0.315 e. The third kappa shape index (κ3) is 8.00. The molecule has 4 N–H and O–H groups in total. The van der Waals surface area contributed by atoms with E-state index in [9.17, 15) is 33.6 Å². The number of ketones is 1. The summed E-state index contributed by atoms with van der Waals surface area (Å²) < 4.78 is 0. The summed E-state index contributed by atoms with van der Waals surface area (Å²) in [6.07, 6.45) is 5.52. The van der Waals surface area contributed by atoms with Crippen molar-refractivity contribution in [3.8, 4) is 0 Å². The number of hydrogen-bond acceptors (Lipinski definition) is 7. The van der Waals surface area contributed by atoms with Gasteiger partial charge < -0.3 is 26.2 Å². The first-order valence-corrected chi connectivity index (χ1v) is 19.7. The van der Waals surface area contributed by atoms with E-state index >= 15 is 0 Å². The van der Waals surface area contributed by atoms with Crippen molar-refractivity contribution in [1.29, 1.82) is 0 Å². The third-order valence-electron chi connectivity index (χ3n) is 13.0. The molecule has 2 saturated heterocycles. The molecule has 2 heterocycles. The number of piperidine rings is 2. The molecule has 6 rings (SSSR count). The van der Waals surface area contributed by atoms with Gasteiger partial charge in [0.25, 0.3) is 5.91 Å². The predicted molar refractivity (Wildman–Crippen MR) is 197 cm³/mol. The Morgan fingerprint density at radius 2 is 1.45 bits per heavy atom. The summed E-state index contributed by atoms with van der Waals surface area (Å²) in [5, 5.41) is 11.7. The van der Waals surface area contributed by atoms with Gasteiger partial charge in [-0.1, -0.05) is 82.1 Å². The summed E-state index contributed by atoms with van der Waals surface area (Å²) in [4.78, 5) is 98.4. The lowest BCUT2D eigenvalue weighted by Crippen LogP contribution is -2.63. The molecule has 6 aliphatic rings. The van der Waals surface area contributed by atoms with Gasteiger partial charge in [0.2, 0.25) is 29.4 Å². The number of imide groups is 1. The normalized spacial score (nSPS) is 31.2. The van der Waals surface area contributed by atoms with Gasteiger partial charge in [-0.25, -0.2) is 4.79 Å². The molecule has 53 heavy (non-hydrogen) atoms. The lowest BCUT2D eigenvalue weighted by Gasteiger charge is -2.41. The minimum absolute atomic E-state index is 0.00645. The smallest absolute Gasteiger partial charge is 0.315 e. The molecule has 7 atom stereocenters. The SMILES string of the molecule is CC1(C)CC(=O)N(C[C@@H](NC(=O)N[C@H](C(=O)N2C[C@H]3[C@@H]([C@H]2C(=O)NC2(C(=O)C(=O)NC4CC4)CC2CC2CC2)C3(C)C)C(C)(C)C)C(C)(C)C)C(=O)C1. The highest BCUT2D eigenvalue weighted by Crippen LogP contribution is 2.65. The van der Waals surface area contributed by atoms with Crippen molar-refractivity contribution >= 4 is 41.4 Å². The monoisotopic (exact) mass is 738 g/mol. The molecule has 4 saturated carbocycles. The van der Waals surface area contributed by atoms with Gasteiger partial charge in [-0.3, -0.25) is 33.7 Å². The maximum atomic E-state index is 14.6. The van der Waals surface area contributed by atoms with E-state index in [1.165, 1.54) is 4.90 Å². The second-order valence-electron chi connectivity index (χ2n) is 20.8. The number of urea groups is 1. The van der Waals surface area contributed by atoms with Gasteiger partial charge in [-0.05, 0) is 71.0 Å². The zero-order valence-electron chi connectivity index (χ0n) is 33.4. The quantitative estimate of drug-likeness (QED) is 0.176. The van der Waals surface area contributed by atoms with E-state index in [0.717, 1.165) is 32.1 Å². The third-order valence-corrected chi connectivity index (χ3v) is 13.0. The minimum atomic E-state index is -1.26. The van der Waals surface area contributed by atoms with Crippen LogP contribution < -0.4 is 21.3 Å². The first-order chi connectivity index (χ1) is 24.4. The summed E-state index contributed by atoms with van der Waals surface area (Å²) in [6, 6.07) is -3.11. The van der Waals surface area contributed by atoms with Crippen LogP contribution in [0.5, 0.6) is 0 Å². The number of carbonyl (C=O) groups is 7. The van der Waals surface area contributed by atoms with Crippen LogP contribution in [0.2, 0.25) is 0 Å². The first-order valence-electron chi connectivity index (χ1n) is 19.7. The van der Waals surface area contributed by atoms with Gasteiger partial charge in [-0.15, -0.1) is 0 Å². The fourth-order valence-corrected chi connectivity index (χ4v) is 8.93. The maximum absolute atomic E-state index is 14.6. The molecule has 294 valence electrons. The Balaban J connectivity index is 1.18. The molecule has 0 aromatic heterocycles. The van der Waals surface area contributed by atoms with E-state index in [2.05, 4.69) is 35.1 Å². The fourth-order valence-electron chi connectivity index (χ4n) is 8.93. The molecule has 4 aliphatic carbocycles. The molecule has 13 nitrogen and oxygen atoms in total. The van der Waals surface area contributed by atoms with Crippen LogP contribution in [0.4, 0.5) is 4.79 Å². The second-order valence-corrected chi connectivity index (χ2v) is 20.8. The molecule has 2 unspecified atom stereocenters. The van der Waals surface area contributed by atoms with Gasteiger partial charge in [-0.2, -0.15) is 0 Å². The van der Waals surface area contributed by atoms with E-state index in [1.807, 2.05) is 55.4 Å². The van der Waals surface area contributed by atoms with Crippen LogP contribution in [0.1, 0.15) is 121 Å². The molecule has 0 aromatic rings. The average molecular weight is 739 g/mol. The van der Waals surface area contributed by atoms with Crippen LogP contribution >= 0.6 is 0 Å². The van der Waals surface area contributed by atoms with Gasteiger partial charge >= 0.3 is 6.03 Å². The van der Waals surface area contributed by atoms with E-state index in [-0.39, 0.29) is 60.4 Å². The Bertz CT molecular complexity index is 1560.